The maximum Gasteiger partial charge on any atom is 0.387 e. The van der Waals surface area contributed by atoms with Gasteiger partial charge in [0.05, 0.1) is 7.11 Å². The molecule has 1 heterocycles. The number of nitrogens with zero attached hydrogens (tertiary/aromatic N) is 2. The number of hydrogen-bond acceptors (Lipinski definition) is 4. The fraction of sp³-hybridized carbons (Fsp3) is 0.312. The molecule has 0 aliphatic carbocycles. The third kappa shape index (κ3) is 5.47. The molecular formula is C16H16Cl2F2N2O2. The monoisotopic (exact) mass is 376 g/mol. The second kappa shape index (κ2) is 8.46. The fourth-order valence-corrected chi connectivity index (χ4v) is 2.80. The van der Waals surface area contributed by atoms with Gasteiger partial charge in [0.15, 0.2) is 11.5 Å². The van der Waals surface area contributed by atoms with Crippen molar-refractivity contribution in [1.82, 2.24) is 9.88 Å². The van der Waals surface area contributed by atoms with Crippen LogP contribution in [0.3, 0.4) is 0 Å². The Morgan fingerprint density at radius 3 is 2.25 bits per heavy atom. The first-order valence-corrected chi connectivity index (χ1v) is 7.75. The summed E-state index contributed by atoms with van der Waals surface area (Å²) in [7, 11) is 3.29. The summed E-state index contributed by atoms with van der Waals surface area (Å²) in [6.07, 6.45) is 0. The Bertz CT molecular complexity index is 682. The fourth-order valence-electron chi connectivity index (χ4n) is 2.29. The molecule has 2 aromatic rings. The lowest BCUT2D eigenvalue weighted by atomic mass is 10.1. The summed E-state index contributed by atoms with van der Waals surface area (Å²) >= 11 is 11.8. The number of halogens is 4. The second-order valence-corrected chi connectivity index (χ2v) is 5.93. The Kier molecular flexibility index (Phi) is 6.60. The Hall–Kier alpha value is -1.63. The number of aromatic nitrogens is 1. The normalized spacial score (nSPS) is 11.2. The van der Waals surface area contributed by atoms with Crippen LogP contribution in [-0.4, -0.2) is 30.7 Å². The van der Waals surface area contributed by atoms with Crippen LogP contribution in [0.1, 0.15) is 11.1 Å². The molecule has 0 unspecified atom stereocenters. The predicted molar refractivity (Wildman–Crippen MR) is 89.1 cm³/mol. The van der Waals surface area contributed by atoms with Crippen LogP contribution in [0.5, 0.6) is 11.5 Å². The van der Waals surface area contributed by atoms with E-state index >= 15 is 0 Å². The number of methoxy groups -OCH3 is 1. The van der Waals surface area contributed by atoms with Gasteiger partial charge in [0.1, 0.15) is 10.3 Å². The van der Waals surface area contributed by atoms with Crippen molar-refractivity contribution in [3.8, 4) is 11.5 Å². The summed E-state index contributed by atoms with van der Waals surface area (Å²) in [5, 5.41) is 0.644. The Morgan fingerprint density at radius 2 is 1.67 bits per heavy atom. The molecule has 0 spiro atoms. The highest BCUT2D eigenvalue weighted by molar-refractivity contribution is 6.32. The first kappa shape index (κ1) is 18.7. The molecule has 130 valence electrons. The number of pyridine rings is 1. The molecule has 0 aliphatic heterocycles. The van der Waals surface area contributed by atoms with E-state index in [1.807, 2.05) is 11.9 Å². The molecule has 0 fully saturated rings. The van der Waals surface area contributed by atoms with E-state index in [2.05, 4.69) is 9.72 Å². The minimum absolute atomic E-state index is 0.00778. The maximum atomic E-state index is 12.5. The zero-order valence-corrected chi connectivity index (χ0v) is 14.6. The quantitative estimate of drug-likeness (QED) is 0.659. The first-order valence-electron chi connectivity index (χ1n) is 6.99. The summed E-state index contributed by atoms with van der Waals surface area (Å²) in [6, 6.07) is 8.38. The molecule has 4 nitrogen and oxygen atoms in total. The van der Waals surface area contributed by atoms with Crippen molar-refractivity contribution in [1.29, 1.82) is 0 Å². The largest absolute Gasteiger partial charge is 0.493 e. The highest BCUT2D eigenvalue weighted by atomic mass is 35.5. The van der Waals surface area contributed by atoms with Crippen LogP contribution in [0.15, 0.2) is 30.3 Å². The number of hydrogen-bond donors (Lipinski definition) is 0. The molecule has 1 aromatic heterocycles. The van der Waals surface area contributed by atoms with Gasteiger partial charge < -0.3 is 9.47 Å². The van der Waals surface area contributed by atoms with Gasteiger partial charge in [0.2, 0.25) is 0 Å². The molecule has 24 heavy (non-hydrogen) atoms. The van der Waals surface area contributed by atoms with Crippen molar-refractivity contribution in [2.24, 2.45) is 0 Å². The van der Waals surface area contributed by atoms with E-state index in [4.69, 9.17) is 27.9 Å². The Morgan fingerprint density at radius 1 is 1.04 bits per heavy atom. The molecule has 0 bridgehead atoms. The van der Waals surface area contributed by atoms with E-state index in [1.165, 1.54) is 13.2 Å². The maximum absolute atomic E-state index is 12.5. The van der Waals surface area contributed by atoms with Gasteiger partial charge in [-0.2, -0.15) is 8.78 Å². The number of ether oxygens (including phenoxy) is 2. The molecule has 2 rings (SSSR count). The van der Waals surface area contributed by atoms with E-state index < -0.39 is 6.61 Å². The van der Waals surface area contributed by atoms with Gasteiger partial charge in [-0.25, -0.2) is 4.98 Å². The van der Waals surface area contributed by atoms with E-state index in [-0.39, 0.29) is 11.5 Å². The van der Waals surface area contributed by atoms with Gasteiger partial charge in [-0.05, 0) is 42.4 Å². The molecule has 0 N–H and O–H groups in total. The molecule has 0 saturated heterocycles. The molecule has 0 amide bonds. The van der Waals surface area contributed by atoms with Crippen LogP contribution in [-0.2, 0) is 13.1 Å². The van der Waals surface area contributed by atoms with E-state index in [0.29, 0.717) is 23.4 Å². The highest BCUT2D eigenvalue weighted by Gasteiger charge is 2.12. The van der Waals surface area contributed by atoms with Gasteiger partial charge in [-0.3, -0.25) is 4.90 Å². The van der Waals surface area contributed by atoms with Crippen molar-refractivity contribution in [3.63, 3.8) is 0 Å². The minimum Gasteiger partial charge on any atom is -0.493 e. The van der Waals surface area contributed by atoms with Crippen molar-refractivity contribution in [3.05, 3.63) is 51.8 Å². The molecular weight excluding hydrogens is 361 g/mol. The highest BCUT2D eigenvalue weighted by Crippen LogP contribution is 2.30. The number of alkyl halides is 2. The summed E-state index contributed by atoms with van der Waals surface area (Å²) < 4.78 is 34.5. The molecule has 1 aromatic carbocycles. The third-order valence-electron chi connectivity index (χ3n) is 3.17. The van der Waals surface area contributed by atoms with Crippen LogP contribution in [0.2, 0.25) is 10.3 Å². The lowest BCUT2D eigenvalue weighted by Gasteiger charge is -2.18. The molecule has 0 aliphatic rings. The molecule has 8 heteroatoms. The summed E-state index contributed by atoms with van der Waals surface area (Å²) in [6.45, 7) is -1.83. The number of benzene rings is 1. The average Bonchev–Trinajstić information content (AvgIpc) is 2.45. The van der Waals surface area contributed by atoms with Crippen LogP contribution in [0.4, 0.5) is 8.78 Å². The van der Waals surface area contributed by atoms with Crippen LogP contribution in [0, 0.1) is 0 Å². The van der Waals surface area contributed by atoms with Crippen LogP contribution < -0.4 is 9.47 Å². The smallest absolute Gasteiger partial charge is 0.387 e. The van der Waals surface area contributed by atoms with Crippen molar-refractivity contribution >= 4 is 23.2 Å². The summed E-state index contributed by atoms with van der Waals surface area (Å²) in [4.78, 5) is 5.88. The van der Waals surface area contributed by atoms with Gasteiger partial charge >= 0.3 is 6.61 Å². The minimum atomic E-state index is -2.91. The third-order valence-corrected chi connectivity index (χ3v) is 3.56. The van der Waals surface area contributed by atoms with Crippen molar-refractivity contribution < 1.29 is 18.3 Å². The standard InChI is InChI=1S/C16H16Cl2F2N2O2/c1-22(9-11-6-14(17)21-15(18)7-11)8-10-3-4-12(23-2)13(5-10)24-16(19)20/h3-7,16H,8-9H2,1-2H3. The van der Waals surface area contributed by atoms with E-state index in [0.717, 1.165) is 11.1 Å². The summed E-state index contributed by atoms with van der Waals surface area (Å²) in [5.74, 6) is 0.266. The van der Waals surface area contributed by atoms with Crippen LogP contribution >= 0.6 is 23.2 Å². The average molecular weight is 377 g/mol. The predicted octanol–water partition coefficient (Wildman–Crippen LogP) is 4.63. The topological polar surface area (TPSA) is 34.6 Å². The first-order chi connectivity index (χ1) is 11.4. The van der Waals surface area contributed by atoms with Gasteiger partial charge in [0.25, 0.3) is 0 Å². The molecule has 0 atom stereocenters. The zero-order valence-electron chi connectivity index (χ0n) is 13.1. The second-order valence-electron chi connectivity index (χ2n) is 5.16. The lowest BCUT2D eigenvalue weighted by molar-refractivity contribution is -0.0512. The van der Waals surface area contributed by atoms with Gasteiger partial charge in [-0.1, -0.05) is 29.3 Å². The lowest BCUT2D eigenvalue weighted by Crippen LogP contribution is -2.17. The Balaban J connectivity index is 2.09. The Labute approximate surface area is 148 Å². The van der Waals surface area contributed by atoms with Crippen molar-refractivity contribution in [2.45, 2.75) is 19.7 Å². The van der Waals surface area contributed by atoms with Gasteiger partial charge in [-0.15, -0.1) is 0 Å². The van der Waals surface area contributed by atoms with E-state index in [9.17, 15) is 8.78 Å². The molecule has 0 radical (unpaired) electrons. The van der Waals surface area contributed by atoms with Gasteiger partial charge in [0, 0.05) is 13.1 Å². The zero-order chi connectivity index (χ0) is 17.7. The number of rotatable bonds is 7. The molecule has 0 saturated carbocycles. The van der Waals surface area contributed by atoms with Crippen molar-refractivity contribution in [2.75, 3.05) is 14.2 Å². The van der Waals surface area contributed by atoms with E-state index in [1.54, 1.807) is 24.3 Å². The SMILES string of the molecule is COc1ccc(CN(C)Cc2cc(Cl)nc(Cl)c2)cc1OC(F)F. The summed E-state index contributed by atoms with van der Waals surface area (Å²) in [5.41, 5.74) is 1.71. The van der Waals surface area contributed by atoms with Crippen LogP contribution in [0.25, 0.3) is 0 Å².